The normalized spacial score (nSPS) is 10.9. The van der Waals surface area contributed by atoms with Crippen molar-refractivity contribution in [2.45, 2.75) is 33.7 Å². The molecule has 172 valence electrons. The first-order valence-electron chi connectivity index (χ1n) is 10.3. The SMILES string of the molecule is CCNC(=NCc1ccc(Oc2ccc(OC)cc2)nc1)NCCc1nc(C)c(C)s1.I. The molecule has 0 amide bonds. The van der Waals surface area contributed by atoms with Crippen molar-refractivity contribution in [3.63, 3.8) is 0 Å². The smallest absolute Gasteiger partial charge is 0.219 e. The molecule has 3 rings (SSSR count). The van der Waals surface area contributed by atoms with Crippen molar-refractivity contribution in [2.24, 2.45) is 4.99 Å². The molecule has 0 unspecified atom stereocenters. The molecule has 3 aromatic rings. The molecule has 2 heterocycles. The molecule has 0 spiro atoms. The maximum atomic E-state index is 5.77. The van der Waals surface area contributed by atoms with Crippen molar-refractivity contribution < 1.29 is 9.47 Å². The second-order valence-corrected chi connectivity index (χ2v) is 8.19. The zero-order valence-corrected chi connectivity index (χ0v) is 22.0. The Morgan fingerprint density at radius 1 is 1.06 bits per heavy atom. The molecule has 2 N–H and O–H groups in total. The van der Waals surface area contributed by atoms with Crippen LogP contribution in [0.1, 0.15) is 28.1 Å². The number of methoxy groups -OCH3 is 1. The molecule has 0 radical (unpaired) electrons. The van der Waals surface area contributed by atoms with Gasteiger partial charge in [0.2, 0.25) is 5.88 Å². The molecule has 1 aromatic carbocycles. The molecule has 0 saturated heterocycles. The molecule has 32 heavy (non-hydrogen) atoms. The van der Waals surface area contributed by atoms with Gasteiger partial charge in [-0.15, -0.1) is 35.3 Å². The molecule has 0 aliphatic carbocycles. The molecule has 9 heteroatoms. The van der Waals surface area contributed by atoms with Crippen molar-refractivity contribution >= 4 is 41.3 Å². The van der Waals surface area contributed by atoms with Gasteiger partial charge in [-0.2, -0.15) is 0 Å². The summed E-state index contributed by atoms with van der Waals surface area (Å²) in [6.45, 7) is 8.32. The lowest BCUT2D eigenvalue weighted by Gasteiger charge is -2.11. The average Bonchev–Trinajstić information content (AvgIpc) is 3.10. The molecular weight excluding hydrogens is 537 g/mol. The Bertz CT molecular complexity index is 971. The van der Waals surface area contributed by atoms with Crippen molar-refractivity contribution in [1.82, 2.24) is 20.6 Å². The lowest BCUT2D eigenvalue weighted by Crippen LogP contribution is -2.38. The Kier molecular flexibility index (Phi) is 10.7. The fourth-order valence-electron chi connectivity index (χ4n) is 2.78. The third-order valence-electron chi connectivity index (χ3n) is 4.55. The van der Waals surface area contributed by atoms with Gasteiger partial charge in [-0.25, -0.2) is 15.0 Å². The molecule has 7 nitrogen and oxygen atoms in total. The molecule has 0 aliphatic heterocycles. The standard InChI is InChI=1S/C23H29N5O2S.HI/c1-5-24-23(25-13-12-22-28-16(2)17(3)31-22)27-15-18-6-11-21(26-14-18)30-20-9-7-19(29-4)8-10-20;/h6-11,14H,5,12-13,15H2,1-4H3,(H2,24,25,27);1H. The van der Waals surface area contributed by atoms with Crippen LogP contribution < -0.4 is 20.1 Å². The van der Waals surface area contributed by atoms with Crippen molar-refractivity contribution in [1.29, 1.82) is 0 Å². The van der Waals surface area contributed by atoms with Crippen LogP contribution in [0.5, 0.6) is 17.4 Å². The quantitative estimate of drug-likeness (QED) is 0.218. The summed E-state index contributed by atoms with van der Waals surface area (Å²) in [4.78, 5) is 14.9. The summed E-state index contributed by atoms with van der Waals surface area (Å²) in [5, 5.41) is 7.80. The Balaban J connectivity index is 0.00000363. The first kappa shape index (κ1) is 25.9. The predicted molar refractivity (Wildman–Crippen MR) is 141 cm³/mol. The number of guanidine groups is 1. The highest BCUT2D eigenvalue weighted by molar-refractivity contribution is 14.0. The van der Waals surface area contributed by atoms with E-state index >= 15 is 0 Å². The van der Waals surface area contributed by atoms with E-state index in [0.717, 1.165) is 47.5 Å². The number of ether oxygens (including phenoxy) is 2. The third-order valence-corrected chi connectivity index (χ3v) is 5.68. The second-order valence-electron chi connectivity index (χ2n) is 6.90. The summed E-state index contributed by atoms with van der Waals surface area (Å²) < 4.78 is 10.9. The number of hydrogen-bond donors (Lipinski definition) is 2. The maximum absolute atomic E-state index is 5.77. The van der Waals surface area contributed by atoms with Gasteiger partial charge in [0.15, 0.2) is 5.96 Å². The summed E-state index contributed by atoms with van der Waals surface area (Å²) in [7, 11) is 1.64. The largest absolute Gasteiger partial charge is 0.497 e. The summed E-state index contributed by atoms with van der Waals surface area (Å²) >= 11 is 1.76. The van der Waals surface area contributed by atoms with Crippen molar-refractivity contribution in [2.75, 3.05) is 20.2 Å². The van der Waals surface area contributed by atoms with E-state index in [9.17, 15) is 0 Å². The van der Waals surface area contributed by atoms with E-state index in [-0.39, 0.29) is 24.0 Å². The number of nitrogens with zero attached hydrogens (tertiary/aromatic N) is 3. The first-order chi connectivity index (χ1) is 15.1. The minimum atomic E-state index is 0. The first-order valence-corrected chi connectivity index (χ1v) is 11.1. The number of benzene rings is 1. The Morgan fingerprint density at radius 2 is 1.81 bits per heavy atom. The van der Waals surface area contributed by atoms with E-state index in [1.165, 1.54) is 4.88 Å². The van der Waals surface area contributed by atoms with E-state index in [1.807, 2.05) is 36.4 Å². The zero-order chi connectivity index (χ0) is 22.1. The lowest BCUT2D eigenvalue weighted by atomic mass is 10.3. The number of aromatic nitrogens is 2. The summed E-state index contributed by atoms with van der Waals surface area (Å²) in [6.07, 6.45) is 2.66. The highest BCUT2D eigenvalue weighted by Crippen LogP contribution is 2.22. The fourth-order valence-corrected chi connectivity index (χ4v) is 3.71. The van der Waals surface area contributed by atoms with E-state index in [2.05, 4.69) is 46.4 Å². The minimum Gasteiger partial charge on any atom is -0.497 e. The number of aliphatic imine (C=N–C) groups is 1. The monoisotopic (exact) mass is 567 g/mol. The van der Waals surface area contributed by atoms with Gasteiger partial charge in [-0.3, -0.25) is 0 Å². The van der Waals surface area contributed by atoms with Crippen LogP contribution in [0.4, 0.5) is 0 Å². The highest BCUT2D eigenvalue weighted by atomic mass is 127. The van der Waals surface area contributed by atoms with E-state index < -0.39 is 0 Å². The van der Waals surface area contributed by atoms with Crippen LogP contribution in [0.15, 0.2) is 47.6 Å². The Labute approximate surface area is 210 Å². The van der Waals surface area contributed by atoms with Crippen LogP contribution in [-0.4, -0.2) is 36.1 Å². The van der Waals surface area contributed by atoms with E-state index in [0.29, 0.717) is 18.2 Å². The number of aryl methyl sites for hydroxylation is 2. The number of nitrogens with one attached hydrogen (secondary N) is 2. The molecule has 0 saturated carbocycles. The lowest BCUT2D eigenvalue weighted by molar-refractivity contribution is 0.412. The summed E-state index contributed by atoms with van der Waals surface area (Å²) in [6, 6.07) is 11.2. The Morgan fingerprint density at radius 3 is 2.41 bits per heavy atom. The van der Waals surface area contributed by atoms with Gasteiger partial charge < -0.3 is 20.1 Å². The summed E-state index contributed by atoms with van der Waals surface area (Å²) in [5.74, 6) is 2.82. The highest BCUT2D eigenvalue weighted by Gasteiger charge is 2.05. The number of hydrogen-bond acceptors (Lipinski definition) is 6. The molecule has 0 bridgehead atoms. The van der Waals surface area contributed by atoms with Gasteiger partial charge in [0.1, 0.15) is 11.5 Å². The van der Waals surface area contributed by atoms with Gasteiger partial charge in [0.25, 0.3) is 0 Å². The average molecular weight is 567 g/mol. The number of pyridine rings is 1. The number of rotatable bonds is 9. The topological polar surface area (TPSA) is 80.7 Å². The Hall–Kier alpha value is -2.40. The van der Waals surface area contributed by atoms with Gasteiger partial charge in [0, 0.05) is 36.7 Å². The number of thiazole rings is 1. The maximum Gasteiger partial charge on any atom is 0.219 e. The van der Waals surface area contributed by atoms with E-state index in [1.54, 1.807) is 24.6 Å². The van der Waals surface area contributed by atoms with Crippen LogP contribution in [0.3, 0.4) is 0 Å². The second kappa shape index (κ2) is 13.2. The fraction of sp³-hybridized carbons (Fsp3) is 0.348. The molecule has 0 atom stereocenters. The van der Waals surface area contributed by atoms with Crippen molar-refractivity contribution in [3.05, 3.63) is 63.7 Å². The zero-order valence-electron chi connectivity index (χ0n) is 18.8. The summed E-state index contributed by atoms with van der Waals surface area (Å²) in [5.41, 5.74) is 2.12. The molecule has 0 aliphatic rings. The van der Waals surface area contributed by atoms with Gasteiger partial charge >= 0.3 is 0 Å². The van der Waals surface area contributed by atoms with Gasteiger partial charge in [0.05, 0.1) is 24.4 Å². The molecule has 2 aromatic heterocycles. The number of halogens is 1. The van der Waals surface area contributed by atoms with Crippen LogP contribution in [0.25, 0.3) is 0 Å². The van der Waals surface area contributed by atoms with Crippen molar-refractivity contribution in [3.8, 4) is 17.4 Å². The molecular formula is C23H30IN5O2S. The van der Waals surface area contributed by atoms with Gasteiger partial charge in [-0.05, 0) is 50.6 Å². The van der Waals surface area contributed by atoms with Crippen LogP contribution in [0, 0.1) is 13.8 Å². The predicted octanol–water partition coefficient (Wildman–Crippen LogP) is 4.87. The minimum absolute atomic E-state index is 0. The van der Waals surface area contributed by atoms with Crippen LogP contribution >= 0.6 is 35.3 Å². The molecule has 0 fully saturated rings. The third kappa shape index (κ3) is 7.94. The van der Waals surface area contributed by atoms with E-state index in [4.69, 9.17) is 9.47 Å². The van der Waals surface area contributed by atoms with Crippen LogP contribution in [0.2, 0.25) is 0 Å². The van der Waals surface area contributed by atoms with Crippen LogP contribution in [-0.2, 0) is 13.0 Å². The van der Waals surface area contributed by atoms with Gasteiger partial charge in [-0.1, -0.05) is 6.07 Å².